The van der Waals surface area contributed by atoms with Crippen LogP contribution in [0.25, 0.3) is 10.9 Å². The zero-order chi connectivity index (χ0) is 14.8. The molecular weight excluding hydrogens is 260 g/mol. The molecule has 0 aliphatic rings. The largest absolute Gasteiger partial charge is 0.489 e. The number of fused-ring (bicyclic) bond motifs is 1. The van der Waals surface area contributed by atoms with Gasteiger partial charge in [-0.1, -0.05) is 30.3 Å². The quantitative estimate of drug-likeness (QED) is 0.730. The van der Waals surface area contributed by atoms with Crippen molar-refractivity contribution in [2.24, 2.45) is 0 Å². The minimum atomic E-state index is 0.553. The van der Waals surface area contributed by atoms with Crippen molar-refractivity contribution < 1.29 is 4.74 Å². The topological polar surface area (TPSA) is 40.2 Å². The number of anilines is 1. The number of ether oxygens (including phenoxy) is 1. The smallest absolute Gasteiger partial charge is 0.122 e. The third kappa shape index (κ3) is 2.47. The van der Waals surface area contributed by atoms with Crippen molar-refractivity contribution in [1.29, 1.82) is 0 Å². The number of rotatable bonds is 4. The Morgan fingerprint density at radius 1 is 1.10 bits per heavy atom. The summed E-state index contributed by atoms with van der Waals surface area (Å²) in [5.41, 5.74) is 10.4. The van der Waals surface area contributed by atoms with Gasteiger partial charge in [-0.05, 0) is 31.5 Å². The van der Waals surface area contributed by atoms with E-state index in [2.05, 4.69) is 36.7 Å². The summed E-state index contributed by atoms with van der Waals surface area (Å²) in [7, 11) is 0. The maximum absolute atomic E-state index is 6.12. The predicted molar refractivity (Wildman–Crippen MR) is 87.5 cm³/mol. The van der Waals surface area contributed by atoms with Crippen LogP contribution in [-0.2, 0) is 13.2 Å². The highest BCUT2D eigenvalue weighted by atomic mass is 16.5. The Morgan fingerprint density at radius 3 is 2.67 bits per heavy atom. The molecule has 0 saturated heterocycles. The third-order valence-corrected chi connectivity index (χ3v) is 3.83. The molecule has 0 atom stereocenters. The van der Waals surface area contributed by atoms with Crippen LogP contribution >= 0.6 is 0 Å². The number of hydrogen-bond donors (Lipinski definition) is 1. The number of hydrogen-bond acceptors (Lipinski definition) is 2. The summed E-state index contributed by atoms with van der Waals surface area (Å²) in [6.45, 7) is 5.63. The molecule has 1 aromatic heterocycles. The van der Waals surface area contributed by atoms with Crippen LogP contribution in [-0.4, -0.2) is 4.57 Å². The molecular formula is C18H20N2O. The number of benzene rings is 2. The fourth-order valence-corrected chi connectivity index (χ4v) is 2.70. The average Bonchev–Trinajstić information content (AvgIpc) is 2.86. The van der Waals surface area contributed by atoms with E-state index >= 15 is 0 Å². The first-order valence-corrected chi connectivity index (χ1v) is 7.25. The molecule has 2 aromatic carbocycles. The van der Waals surface area contributed by atoms with E-state index in [0.29, 0.717) is 6.61 Å². The molecule has 0 amide bonds. The molecule has 108 valence electrons. The lowest BCUT2D eigenvalue weighted by Gasteiger charge is -2.08. The second-order valence-corrected chi connectivity index (χ2v) is 5.24. The van der Waals surface area contributed by atoms with Gasteiger partial charge in [0.15, 0.2) is 0 Å². The summed E-state index contributed by atoms with van der Waals surface area (Å²) >= 11 is 0. The van der Waals surface area contributed by atoms with E-state index in [-0.39, 0.29) is 0 Å². The van der Waals surface area contributed by atoms with E-state index in [0.717, 1.165) is 29.1 Å². The molecule has 0 aliphatic carbocycles. The van der Waals surface area contributed by atoms with Gasteiger partial charge in [0, 0.05) is 23.7 Å². The number of nitrogens with zero attached hydrogens (tertiary/aromatic N) is 1. The van der Waals surface area contributed by atoms with E-state index < -0.39 is 0 Å². The zero-order valence-corrected chi connectivity index (χ0v) is 12.5. The Hall–Kier alpha value is -2.42. The van der Waals surface area contributed by atoms with Gasteiger partial charge < -0.3 is 15.0 Å². The van der Waals surface area contributed by atoms with Crippen molar-refractivity contribution in [1.82, 2.24) is 4.57 Å². The summed E-state index contributed by atoms with van der Waals surface area (Å²) in [6, 6.07) is 14.1. The third-order valence-electron chi connectivity index (χ3n) is 3.83. The Bertz CT molecular complexity index is 774. The SMILES string of the molecule is CCn1cc(COc2ccccc2C)c2cccc(N)c21. The lowest BCUT2D eigenvalue weighted by Crippen LogP contribution is -1.96. The molecule has 0 unspecified atom stereocenters. The molecule has 0 radical (unpaired) electrons. The van der Waals surface area contributed by atoms with Crippen molar-refractivity contribution in [3.63, 3.8) is 0 Å². The number of aromatic nitrogens is 1. The van der Waals surface area contributed by atoms with Gasteiger partial charge in [-0.2, -0.15) is 0 Å². The second kappa shape index (κ2) is 5.52. The number of para-hydroxylation sites is 2. The summed E-state index contributed by atoms with van der Waals surface area (Å²) < 4.78 is 8.16. The highest BCUT2D eigenvalue weighted by molar-refractivity contribution is 5.93. The number of nitrogen functional groups attached to an aromatic ring is 1. The lowest BCUT2D eigenvalue weighted by molar-refractivity contribution is 0.305. The molecule has 3 nitrogen and oxygen atoms in total. The van der Waals surface area contributed by atoms with E-state index in [1.54, 1.807) is 0 Å². The van der Waals surface area contributed by atoms with E-state index in [1.165, 1.54) is 10.9 Å². The summed E-state index contributed by atoms with van der Waals surface area (Å²) in [4.78, 5) is 0. The summed E-state index contributed by atoms with van der Waals surface area (Å²) in [5, 5.41) is 1.17. The van der Waals surface area contributed by atoms with E-state index in [1.807, 2.05) is 30.3 Å². The Balaban J connectivity index is 1.95. The molecule has 0 aliphatic heterocycles. The maximum atomic E-state index is 6.12. The second-order valence-electron chi connectivity index (χ2n) is 5.24. The Morgan fingerprint density at radius 2 is 1.90 bits per heavy atom. The highest BCUT2D eigenvalue weighted by Crippen LogP contribution is 2.28. The van der Waals surface area contributed by atoms with Gasteiger partial charge >= 0.3 is 0 Å². The van der Waals surface area contributed by atoms with Crippen LogP contribution in [0, 0.1) is 6.92 Å². The molecule has 0 spiro atoms. The van der Waals surface area contributed by atoms with Gasteiger partial charge in [-0.25, -0.2) is 0 Å². The van der Waals surface area contributed by atoms with Crippen LogP contribution in [0.1, 0.15) is 18.1 Å². The predicted octanol–water partition coefficient (Wildman–Crippen LogP) is 4.13. The van der Waals surface area contributed by atoms with Crippen LogP contribution < -0.4 is 10.5 Å². The van der Waals surface area contributed by atoms with Crippen LogP contribution in [0.5, 0.6) is 5.75 Å². The van der Waals surface area contributed by atoms with Gasteiger partial charge in [0.2, 0.25) is 0 Å². The van der Waals surface area contributed by atoms with Gasteiger partial charge in [-0.15, -0.1) is 0 Å². The molecule has 21 heavy (non-hydrogen) atoms. The van der Waals surface area contributed by atoms with Crippen molar-refractivity contribution in [2.45, 2.75) is 27.0 Å². The van der Waals surface area contributed by atoms with Crippen molar-refractivity contribution in [3.8, 4) is 5.75 Å². The van der Waals surface area contributed by atoms with Crippen molar-refractivity contribution in [3.05, 3.63) is 59.8 Å². The molecule has 0 fully saturated rings. The summed E-state index contributed by atoms with van der Waals surface area (Å²) in [6.07, 6.45) is 2.14. The van der Waals surface area contributed by atoms with Crippen LogP contribution in [0.3, 0.4) is 0 Å². The fourth-order valence-electron chi connectivity index (χ4n) is 2.70. The van der Waals surface area contributed by atoms with Crippen LogP contribution in [0.15, 0.2) is 48.7 Å². The molecule has 1 heterocycles. The van der Waals surface area contributed by atoms with E-state index in [4.69, 9.17) is 10.5 Å². The highest BCUT2D eigenvalue weighted by Gasteiger charge is 2.10. The molecule has 0 bridgehead atoms. The molecule has 3 rings (SSSR count). The van der Waals surface area contributed by atoms with Crippen LogP contribution in [0.2, 0.25) is 0 Å². The van der Waals surface area contributed by atoms with Gasteiger partial charge in [0.1, 0.15) is 12.4 Å². The van der Waals surface area contributed by atoms with Crippen molar-refractivity contribution in [2.75, 3.05) is 5.73 Å². The first-order chi connectivity index (χ1) is 10.2. The number of nitrogens with two attached hydrogens (primary N) is 1. The molecule has 3 heteroatoms. The van der Waals surface area contributed by atoms with Gasteiger partial charge in [0.25, 0.3) is 0 Å². The minimum absolute atomic E-state index is 0.553. The normalized spacial score (nSPS) is 11.0. The standard InChI is InChI=1S/C18H20N2O/c1-3-20-11-14(15-8-6-9-16(19)18(15)20)12-21-17-10-5-4-7-13(17)2/h4-11H,3,12,19H2,1-2H3. The average molecular weight is 280 g/mol. The molecule has 3 aromatic rings. The first-order valence-electron chi connectivity index (χ1n) is 7.25. The molecule has 2 N–H and O–H groups in total. The van der Waals surface area contributed by atoms with Crippen molar-refractivity contribution >= 4 is 16.6 Å². The van der Waals surface area contributed by atoms with Gasteiger partial charge in [-0.3, -0.25) is 0 Å². The van der Waals surface area contributed by atoms with E-state index in [9.17, 15) is 0 Å². The van der Waals surface area contributed by atoms with Crippen LogP contribution in [0.4, 0.5) is 5.69 Å². The Labute approximate surface area is 125 Å². The zero-order valence-electron chi connectivity index (χ0n) is 12.5. The minimum Gasteiger partial charge on any atom is -0.489 e. The fraction of sp³-hybridized carbons (Fsp3) is 0.222. The number of aryl methyl sites for hydroxylation is 2. The monoisotopic (exact) mass is 280 g/mol. The summed E-state index contributed by atoms with van der Waals surface area (Å²) in [5.74, 6) is 0.929. The molecule has 0 saturated carbocycles. The maximum Gasteiger partial charge on any atom is 0.122 e. The Kier molecular flexibility index (Phi) is 3.57. The lowest BCUT2D eigenvalue weighted by atomic mass is 10.1. The van der Waals surface area contributed by atoms with Gasteiger partial charge in [0.05, 0.1) is 11.2 Å². The first kappa shape index (κ1) is 13.6.